The number of nitro benzene ring substituents is 1. The van der Waals surface area contributed by atoms with E-state index in [0.29, 0.717) is 17.3 Å². The zero-order valence-electron chi connectivity index (χ0n) is 14.4. The third-order valence-electron chi connectivity index (χ3n) is 4.11. The zero-order valence-corrected chi connectivity index (χ0v) is 16.0. The summed E-state index contributed by atoms with van der Waals surface area (Å²) in [5.41, 5.74) is 3.89. The first-order valence-electron chi connectivity index (χ1n) is 7.83. The van der Waals surface area contributed by atoms with Gasteiger partial charge in [0.05, 0.1) is 4.92 Å². The average molecular weight is 418 g/mol. The van der Waals surface area contributed by atoms with E-state index in [1.54, 1.807) is 12.1 Å². The largest absolute Gasteiger partial charge is 0.483 e. The van der Waals surface area contributed by atoms with E-state index >= 15 is 0 Å². The molecule has 0 spiro atoms. The Morgan fingerprint density at radius 3 is 2.54 bits per heavy atom. The van der Waals surface area contributed by atoms with Crippen molar-refractivity contribution < 1.29 is 14.2 Å². The third-order valence-corrected chi connectivity index (χ3v) is 5.33. The van der Waals surface area contributed by atoms with E-state index in [1.807, 2.05) is 26.8 Å². The third kappa shape index (κ3) is 3.60. The van der Waals surface area contributed by atoms with Crippen molar-refractivity contribution in [3.8, 4) is 17.1 Å². The topological polar surface area (TPSA) is 91.3 Å². The molecule has 3 aromatic rings. The van der Waals surface area contributed by atoms with Gasteiger partial charge in [-0.15, -0.1) is 0 Å². The molecule has 0 saturated carbocycles. The number of hydrogen-bond acceptors (Lipinski definition) is 6. The molecule has 2 aromatic carbocycles. The molecule has 0 unspecified atom stereocenters. The summed E-state index contributed by atoms with van der Waals surface area (Å²) in [6.07, 6.45) is 0. The fourth-order valence-electron chi connectivity index (χ4n) is 2.47. The summed E-state index contributed by atoms with van der Waals surface area (Å²) >= 11 is 3.56. The van der Waals surface area contributed by atoms with E-state index in [4.69, 9.17) is 9.26 Å². The molecule has 7 nitrogen and oxygen atoms in total. The second-order valence-electron chi connectivity index (χ2n) is 5.86. The molecule has 0 aliphatic carbocycles. The molecule has 134 valence electrons. The van der Waals surface area contributed by atoms with Gasteiger partial charge in [-0.05, 0) is 55.7 Å². The van der Waals surface area contributed by atoms with Crippen molar-refractivity contribution in [2.75, 3.05) is 0 Å². The summed E-state index contributed by atoms with van der Waals surface area (Å²) in [4.78, 5) is 14.5. The fraction of sp³-hybridized carbons (Fsp3) is 0.222. The van der Waals surface area contributed by atoms with Crippen LogP contribution in [-0.4, -0.2) is 15.1 Å². The van der Waals surface area contributed by atoms with Gasteiger partial charge >= 0.3 is 0 Å². The van der Waals surface area contributed by atoms with Crippen LogP contribution < -0.4 is 4.74 Å². The van der Waals surface area contributed by atoms with Crippen molar-refractivity contribution in [3.63, 3.8) is 0 Å². The van der Waals surface area contributed by atoms with E-state index in [0.717, 1.165) is 26.9 Å². The first kappa shape index (κ1) is 18.1. The number of non-ortho nitro benzene ring substituents is 1. The molecule has 1 aromatic heterocycles. The van der Waals surface area contributed by atoms with Gasteiger partial charge in [-0.3, -0.25) is 10.1 Å². The van der Waals surface area contributed by atoms with Gasteiger partial charge in [-0.25, -0.2) is 0 Å². The van der Waals surface area contributed by atoms with Crippen molar-refractivity contribution in [2.24, 2.45) is 0 Å². The van der Waals surface area contributed by atoms with Gasteiger partial charge < -0.3 is 9.26 Å². The lowest BCUT2D eigenvalue weighted by Crippen LogP contribution is -2.00. The van der Waals surface area contributed by atoms with Gasteiger partial charge in [0.15, 0.2) is 6.61 Å². The molecule has 8 heteroatoms. The quantitative estimate of drug-likeness (QED) is 0.432. The summed E-state index contributed by atoms with van der Waals surface area (Å²) in [6.45, 7) is 6.16. The van der Waals surface area contributed by atoms with Crippen molar-refractivity contribution in [1.29, 1.82) is 0 Å². The molecule has 1 heterocycles. The second-order valence-corrected chi connectivity index (χ2v) is 6.65. The fourth-order valence-corrected chi connectivity index (χ4v) is 2.88. The first-order valence-corrected chi connectivity index (χ1v) is 8.62. The lowest BCUT2D eigenvalue weighted by Gasteiger charge is -2.13. The number of halogens is 1. The highest BCUT2D eigenvalue weighted by molar-refractivity contribution is 9.10. The smallest absolute Gasteiger partial charge is 0.269 e. The number of aryl methyl sites for hydroxylation is 1. The monoisotopic (exact) mass is 417 g/mol. The normalized spacial score (nSPS) is 10.8. The molecule has 0 aliphatic rings. The highest BCUT2D eigenvalue weighted by Crippen LogP contribution is 2.31. The summed E-state index contributed by atoms with van der Waals surface area (Å²) in [5.74, 6) is 1.45. The Morgan fingerprint density at radius 2 is 1.88 bits per heavy atom. The SMILES string of the molecule is Cc1cc(OCc2nc(-c3ccc([N+](=O)[O-])cc3)no2)c(C)c(C)c1Br. The average Bonchev–Trinajstić information content (AvgIpc) is 3.11. The van der Waals surface area contributed by atoms with Crippen LogP contribution in [0.25, 0.3) is 11.4 Å². The van der Waals surface area contributed by atoms with Gasteiger partial charge in [0.2, 0.25) is 5.82 Å². The van der Waals surface area contributed by atoms with Crippen LogP contribution in [0.15, 0.2) is 39.3 Å². The number of ether oxygens (including phenoxy) is 1. The first-order chi connectivity index (χ1) is 12.4. The number of aromatic nitrogens is 2. The van der Waals surface area contributed by atoms with Crippen molar-refractivity contribution >= 4 is 21.6 Å². The highest BCUT2D eigenvalue weighted by atomic mass is 79.9. The summed E-state index contributed by atoms with van der Waals surface area (Å²) < 4.78 is 12.1. The molecule has 0 bridgehead atoms. The number of nitrogens with zero attached hydrogens (tertiary/aromatic N) is 3. The van der Waals surface area contributed by atoms with E-state index in [1.165, 1.54) is 12.1 Å². The molecule has 0 fully saturated rings. The Bertz CT molecular complexity index is 967. The van der Waals surface area contributed by atoms with Crippen molar-refractivity contribution in [3.05, 3.63) is 67.5 Å². The maximum atomic E-state index is 10.7. The molecule has 0 aliphatic heterocycles. The summed E-state index contributed by atoms with van der Waals surface area (Å²) in [5, 5.41) is 14.6. The number of nitro groups is 1. The molecular formula is C18H16BrN3O4. The Hall–Kier alpha value is -2.74. The predicted octanol–water partition coefficient (Wildman–Crippen LogP) is 4.91. The molecule has 0 radical (unpaired) electrons. The number of hydrogen-bond donors (Lipinski definition) is 0. The van der Waals surface area contributed by atoms with Crippen LogP contribution in [0.4, 0.5) is 5.69 Å². The van der Waals surface area contributed by atoms with Gasteiger partial charge in [0, 0.05) is 22.2 Å². The zero-order chi connectivity index (χ0) is 18.8. The van der Waals surface area contributed by atoms with Gasteiger partial charge in [-0.2, -0.15) is 4.98 Å². The Morgan fingerprint density at radius 1 is 1.19 bits per heavy atom. The molecule has 0 saturated heterocycles. The van der Waals surface area contributed by atoms with Crippen LogP contribution in [0.5, 0.6) is 5.75 Å². The van der Waals surface area contributed by atoms with E-state index < -0.39 is 4.92 Å². The molecule has 3 rings (SSSR count). The van der Waals surface area contributed by atoms with Gasteiger partial charge in [-0.1, -0.05) is 21.1 Å². The van der Waals surface area contributed by atoms with Crippen LogP contribution in [0.1, 0.15) is 22.6 Å². The lowest BCUT2D eigenvalue weighted by molar-refractivity contribution is -0.384. The minimum atomic E-state index is -0.455. The van der Waals surface area contributed by atoms with E-state index in [9.17, 15) is 10.1 Å². The Labute approximate surface area is 158 Å². The molecule has 26 heavy (non-hydrogen) atoms. The minimum Gasteiger partial charge on any atom is -0.483 e. The Kier molecular flexibility index (Phi) is 5.03. The van der Waals surface area contributed by atoms with Crippen LogP contribution in [0.3, 0.4) is 0 Å². The summed E-state index contributed by atoms with van der Waals surface area (Å²) in [7, 11) is 0. The van der Waals surface area contributed by atoms with Crippen molar-refractivity contribution in [1.82, 2.24) is 10.1 Å². The van der Waals surface area contributed by atoms with Crippen LogP contribution in [0, 0.1) is 30.9 Å². The van der Waals surface area contributed by atoms with E-state index in [-0.39, 0.29) is 12.3 Å². The van der Waals surface area contributed by atoms with Crippen molar-refractivity contribution in [2.45, 2.75) is 27.4 Å². The molecule has 0 N–H and O–H groups in total. The molecule has 0 atom stereocenters. The minimum absolute atomic E-state index is 0.0113. The second kappa shape index (κ2) is 7.25. The van der Waals surface area contributed by atoms with Crippen LogP contribution >= 0.6 is 15.9 Å². The van der Waals surface area contributed by atoms with Crippen LogP contribution in [0.2, 0.25) is 0 Å². The summed E-state index contributed by atoms with van der Waals surface area (Å²) in [6, 6.07) is 7.93. The standard InChI is InChI=1S/C18H16BrN3O4/c1-10-8-15(11(2)12(3)17(10)19)25-9-16-20-18(21-26-16)13-4-6-14(7-5-13)22(23)24/h4-8H,9H2,1-3H3. The molecular weight excluding hydrogens is 402 g/mol. The van der Waals surface area contributed by atoms with Gasteiger partial charge in [0.1, 0.15) is 5.75 Å². The maximum Gasteiger partial charge on any atom is 0.269 e. The lowest BCUT2D eigenvalue weighted by atomic mass is 10.1. The number of rotatable bonds is 5. The predicted molar refractivity (Wildman–Crippen MR) is 99.1 cm³/mol. The Balaban J connectivity index is 1.74. The van der Waals surface area contributed by atoms with Crippen LogP contribution in [-0.2, 0) is 6.61 Å². The maximum absolute atomic E-state index is 10.7. The van der Waals surface area contributed by atoms with Gasteiger partial charge in [0.25, 0.3) is 11.6 Å². The highest BCUT2D eigenvalue weighted by Gasteiger charge is 2.13. The van der Waals surface area contributed by atoms with E-state index in [2.05, 4.69) is 26.1 Å². The number of benzene rings is 2. The molecule has 0 amide bonds.